The van der Waals surface area contributed by atoms with Gasteiger partial charge in [0.05, 0.1) is 12.5 Å². The highest BCUT2D eigenvalue weighted by atomic mass is 19.2. The lowest BCUT2D eigenvalue weighted by molar-refractivity contribution is -0.161. The molecule has 0 aromatic heterocycles. The second-order valence-corrected chi connectivity index (χ2v) is 8.55. The van der Waals surface area contributed by atoms with Crippen molar-refractivity contribution in [3.8, 4) is 0 Å². The van der Waals surface area contributed by atoms with Gasteiger partial charge >= 0.3 is 5.97 Å². The third-order valence-electron chi connectivity index (χ3n) is 6.67. The Morgan fingerprint density at radius 1 is 0.964 bits per heavy atom. The SMILES string of the molecule is CCCC1CCC(CCC2CCC(c3ccc(CO)c(F)c3F)OC2=O)CC1. The van der Waals surface area contributed by atoms with Gasteiger partial charge in [-0.3, -0.25) is 4.79 Å². The molecule has 3 rings (SSSR count). The number of aliphatic hydroxyl groups excluding tert-OH is 1. The van der Waals surface area contributed by atoms with Crippen molar-refractivity contribution in [1.29, 1.82) is 0 Å². The highest BCUT2D eigenvalue weighted by molar-refractivity contribution is 5.73. The highest BCUT2D eigenvalue weighted by Gasteiger charge is 2.33. The fourth-order valence-electron chi connectivity index (χ4n) is 4.88. The molecule has 1 aromatic carbocycles. The molecule has 1 N–H and O–H groups in total. The predicted molar refractivity (Wildman–Crippen MR) is 103 cm³/mol. The van der Waals surface area contributed by atoms with Gasteiger partial charge in [-0.15, -0.1) is 0 Å². The number of hydrogen-bond acceptors (Lipinski definition) is 3. The van der Waals surface area contributed by atoms with Crippen molar-refractivity contribution in [2.75, 3.05) is 0 Å². The van der Waals surface area contributed by atoms with Crippen molar-refractivity contribution in [2.45, 2.75) is 83.8 Å². The molecule has 1 saturated heterocycles. The van der Waals surface area contributed by atoms with Gasteiger partial charge in [-0.1, -0.05) is 57.6 Å². The summed E-state index contributed by atoms with van der Waals surface area (Å²) in [6.45, 7) is 1.69. The average Bonchev–Trinajstić information content (AvgIpc) is 2.70. The fourth-order valence-corrected chi connectivity index (χ4v) is 4.88. The summed E-state index contributed by atoms with van der Waals surface area (Å²) in [6.07, 6.45) is 10.0. The topological polar surface area (TPSA) is 46.5 Å². The molecule has 1 aliphatic carbocycles. The maximum atomic E-state index is 14.3. The summed E-state index contributed by atoms with van der Waals surface area (Å²) in [5, 5.41) is 9.04. The molecule has 0 radical (unpaired) electrons. The Labute approximate surface area is 166 Å². The summed E-state index contributed by atoms with van der Waals surface area (Å²) in [6, 6.07) is 2.76. The zero-order chi connectivity index (χ0) is 20.1. The quantitative estimate of drug-likeness (QED) is 0.591. The molecule has 3 nitrogen and oxygen atoms in total. The molecule has 1 saturated carbocycles. The van der Waals surface area contributed by atoms with E-state index in [9.17, 15) is 13.6 Å². The van der Waals surface area contributed by atoms with Crippen LogP contribution in [0.5, 0.6) is 0 Å². The standard InChI is InChI=1S/C23H32F2O3/c1-2-3-15-4-6-16(7-5-15)8-9-17-11-13-20(28-23(17)27)19-12-10-18(14-26)21(24)22(19)25/h10,12,15-17,20,26H,2-9,11,13-14H2,1H3. The molecule has 0 bridgehead atoms. The Hall–Kier alpha value is -1.49. The van der Waals surface area contributed by atoms with Gasteiger partial charge in [0.2, 0.25) is 0 Å². The van der Waals surface area contributed by atoms with Crippen LogP contribution < -0.4 is 0 Å². The summed E-state index contributed by atoms with van der Waals surface area (Å²) in [5.41, 5.74) is -0.0225. The van der Waals surface area contributed by atoms with Gasteiger partial charge < -0.3 is 9.84 Å². The minimum Gasteiger partial charge on any atom is -0.457 e. The molecular weight excluding hydrogens is 362 g/mol. The number of ether oxygens (including phenoxy) is 1. The number of rotatable bonds is 7. The Morgan fingerprint density at radius 3 is 2.25 bits per heavy atom. The van der Waals surface area contributed by atoms with E-state index >= 15 is 0 Å². The number of cyclic esters (lactones) is 1. The van der Waals surface area contributed by atoms with Crippen LogP contribution in [0.2, 0.25) is 0 Å². The first-order valence-corrected chi connectivity index (χ1v) is 10.8. The van der Waals surface area contributed by atoms with Gasteiger partial charge in [0.15, 0.2) is 11.6 Å². The van der Waals surface area contributed by atoms with E-state index in [4.69, 9.17) is 9.84 Å². The largest absolute Gasteiger partial charge is 0.457 e. The molecule has 2 atom stereocenters. The zero-order valence-corrected chi connectivity index (χ0v) is 16.8. The molecule has 28 heavy (non-hydrogen) atoms. The number of benzene rings is 1. The van der Waals surface area contributed by atoms with E-state index in [1.165, 1.54) is 50.7 Å². The van der Waals surface area contributed by atoms with Crippen molar-refractivity contribution in [3.63, 3.8) is 0 Å². The number of halogens is 2. The maximum absolute atomic E-state index is 14.3. The van der Waals surface area contributed by atoms with Gasteiger partial charge in [0.25, 0.3) is 0 Å². The minimum atomic E-state index is -1.06. The van der Waals surface area contributed by atoms with Gasteiger partial charge in [-0.2, -0.15) is 0 Å². The summed E-state index contributed by atoms with van der Waals surface area (Å²) in [5.74, 6) is -0.912. The first-order chi connectivity index (χ1) is 13.5. The lowest BCUT2D eigenvalue weighted by Gasteiger charge is -2.31. The van der Waals surface area contributed by atoms with Crippen LogP contribution in [-0.2, 0) is 16.1 Å². The van der Waals surface area contributed by atoms with E-state index in [1.807, 2.05) is 0 Å². The van der Waals surface area contributed by atoms with Crippen molar-refractivity contribution in [1.82, 2.24) is 0 Å². The molecule has 2 unspecified atom stereocenters. The fraction of sp³-hybridized carbons (Fsp3) is 0.696. The van der Waals surface area contributed by atoms with Gasteiger partial charge in [-0.05, 0) is 37.5 Å². The van der Waals surface area contributed by atoms with E-state index in [-0.39, 0.29) is 23.0 Å². The normalized spacial score (nSPS) is 28.2. The second kappa shape index (κ2) is 9.82. The monoisotopic (exact) mass is 394 g/mol. The van der Waals surface area contributed by atoms with E-state index < -0.39 is 24.3 Å². The number of esters is 1. The molecule has 0 amide bonds. The van der Waals surface area contributed by atoms with Crippen LogP contribution in [-0.4, -0.2) is 11.1 Å². The minimum absolute atomic E-state index is 0.0655. The Kier molecular flexibility index (Phi) is 7.44. The zero-order valence-electron chi connectivity index (χ0n) is 16.8. The lowest BCUT2D eigenvalue weighted by Crippen LogP contribution is -2.28. The Morgan fingerprint density at radius 2 is 1.64 bits per heavy atom. The Bertz CT molecular complexity index is 668. The van der Waals surface area contributed by atoms with Gasteiger partial charge in [0.1, 0.15) is 6.10 Å². The van der Waals surface area contributed by atoms with Crippen molar-refractivity contribution < 1.29 is 23.4 Å². The first-order valence-electron chi connectivity index (χ1n) is 10.8. The van der Waals surface area contributed by atoms with Gasteiger partial charge in [-0.25, -0.2) is 8.78 Å². The van der Waals surface area contributed by atoms with Crippen LogP contribution in [0, 0.1) is 29.4 Å². The van der Waals surface area contributed by atoms with Crippen LogP contribution >= 0.6 is 0 Å². The smallest absolute Gasteiger partial charge is 0.309 e. The Balaban J connectivity index is 1.49. The number of carbonyl (C=O) groups excluding carboxylic acids is 1. The van der Waals surface area contributed by atoms with Crippen LogP contribution in [0.3, 0.4) is 0 Å². The van der Waals surface area contributed by atoms with Crippen LogP contribution in [0.25, 0.3) is 0 Å². The molecule has 156 valence electrons. The summed E-state index contributed by atoms with van der Waals surface area (Å²) < 4.78 is 33.7. The molecule has 2 fully saturated rings. The highest BCUT2D eigenvalue weighted by Crippen LogP contribution is 2.38. The molecule has 5 heteroatoms. The van der Waals surface area contributed by atoms with Gasteiger partial charge in [0, 0.05) is 11.1 Å². The van der Waals surface area contributed by atoms with E-state index in [0.29, 0.717) is 18.8 Å². The van der Waals surface area contributed by atoms with E-state index in [0.717, 1.165) is 18.8 Å². The molecule has 1 aromatic rings. The number of carbonyl (C=O) groups is 1. The van der Waals surface area contributed by atoms with Crippen LogP contribution in [0.15, 0.2) is 12.1 Å². The second-order valence-electron chi connectivity index (χ2n) is 8.55. The van der Waals surface area contributed by atoms with Crippen molar-refractivity contribution >= 4 is 5.97 Å². The third kappa shape index (κ3) is 4.91. The predicted octanol–water partition coefficient (Wildman–Crippen LogP) is 5.84. The van der Waals surface area contributed by atoms with Crippen molar-refractivity contribution in [2.24, 2.45) is 17.8 Å². The maximum Gasteiger partial charge on any atom is 0.309 e. The molecular formula is C23H32F2O3. The van der Waals surface area contributed by atoms with Crippen LogP contribution in [0.4, 0.5) is 8.78 Å². The average molecular weight is 395 g/mol. The number of aliphatic hydroxyl groups is 1. The summed E-state index contributed by atoms with van der Waals surface area (Å²) in [4.78, 5) is 12.4. The van der Waals surface area contributed by atoms with Crippen molar-refractivity contribution in [3.05, 3.63) is 34.9 Å². The molecule has 2 aliphatic rings. The first kappa shape index (κ1) is 21.2. The van der Waals surface area contributed by atoms with Crippen LogP contribution in [0.1, 0.15) is 88.4 Å². The molecule has 1 heterocycles. The summed E-state index contributed by atoms with van der Waals surface area (Å²) in [7, 11) is 0. The summed E-state index contributed by atoms with van der Waals surface area (Å²) >= 11 is 0. The van der Waals surface area contributed by atoms with E-state index in [2.05, 4.69) is 6.92 Å². The van der Waals surface area contributed by atoms with E-state index in [1.54, 1.807) is 0 Å². The lowest BCUT2D eigenvalue weighted by atomic mass is 9.77. The third-order valence-corrected chi connectivity index (χ3v) is 6.67. The molecule has 1 aliphatic heterocycles. The molecule has 0 spiro atoms. The number of hydrogen-bond donors (Lipinski definition) is 1.